The van der Waals surface area contributed by atoms with Crippen molar-refractivity contribution in [3.05, 3.63) is 6.20 Å². The van der Waals surface area contributed by atoms with Crippen molar-refractivity contribution in [3.63, 3.8) is 0 Å². The van der Waals surface area contributed by atoms with E-state index in [1.807, 2.05) is 0 Å². The average Bonchev–Trinajstić information content (AvgIpc) is 2.60. The third-order valence-corrected chi connectivity index (χ3v) is 2.29. The predicted molar refractivity (Wildman–Crippen MR) is 58.2 cm³/mol. The van der Waals surface area contributed by atoms with E-state index in [0.717, 1.165) is 13.1 Å². The number of hydrogen-bond donors (Lipinski definition) is 2. The van der Waals surface area contributed by atoms with Gasteiger partial charge in [0.25, 0.3) is 0 Å². The van der Waals surface area contributed by atoms with Gasteiger partial charge in [-0.2, -0.15) is 9.90 Å². The minimum Gasteiger partial charge on any atom is -0.390 e. The number of aliphatic hydroxyl groups excluding tert-OH is 1. The van der Waals surface area contributed by atoms with Gasteiger partial charge < -0.3 is 15.7 Å². The first-order valence-corrected chi connectivity index (χ1v) is 5.21. The molecule has 1 atom stereocenters. The molecule has 1 rings (SSSR count). The SMILES string of the molecule is CCN(CC)CC(O)Cn1ncc(N)n1. The smallest absolute Gasteiger partial charge is 0.165 e. The molecule has 0 aliphatic heterocycles. The molecule has 0 fully saturated rings. The van der Waals surface area contributed by atoms with Crippen LogP contribution < -0.4 is 5.73 Å². The second kappa shape index (κ2) is 5.67. The van der Waals surface area contributed by atoms with E-state index in [2.05, 4.69) is 28.9 Å². The van der Waals surface area contributed by atoms with Crippen LogP contribution in [-0.2, 0) is 6.54 Å². The number of likely N-dealkylation sites (N-methyl/N-ethyl adjacent to an activating group) is 1. The molecule has 0 saturated heterocycles. The maximum absolute atomic E-state index is 9.76. The van der Waals surface area contributed by atoms with Crippen LogP contribution in [-0.4, -0.2) is 50.7 Å². The summed E-state index contributed by atoms with van der Waals surface area (Å²) in [4.78, 5) is 3.57. The summed E-state index contributed by atoms with van der Waals surface area (Å²) in [7, 11) is 0. The highest BCUT2D eigenvalue weighted by atomic mass is 16.3. The molecule has 6 heteroatoms. The van der Waals surface area contributed by atoms with Gasteiger partial charge in [-0.3, -0.25) is 0 Å². The first kappa shape index (κ1) is 11.9. The van der Waals surface area contributed by atoms with Crippen LogP contribution in [0.1, 0.15) is 13.8 Å². The number of aromatic nitrogens is 3. The fourth-order valence-corrected chi connectivity index (χ4v) is 1.42. The second-order valence-electron chi connectivity index (χ2n) is 3.46. The van der Waals surface area contributed by atoms with Gasteiger partial charge in [0.1, 0.15) is 0 Å². The van der Waals surface area contributed by atoms with Gasteiger partial charge in [0.2, 0.25) is 0 Å². The first-order valence-electron chi connectivity index (χ1n) is 5.21. The fourth-order valence-electron chi connectivity index (χ4n) is 1.42. The van der Waals surface area contributed by atoms with Gasteiger partial charge in [0.15, 0.2) is 5.82 Å². The van der Waals surface area contributed by atoms with Crippen molar-refractivity contribution < 1.29 is 5.11 Å². The number of anilines is 1. The molecule has 3 N–H and O–H groups in total. The molecule has 0 aliphatic carbocycles. The quantitative estimate of drug-likeness (QED) is 0.670. The molecule has 1 aromatic rings. The second-order valence-corrected chi connectivity index (χ2v) is 3.46. The summed E-state index contributed by atoms with van der Waals surface area (Å²) in [5.74, 6) is 0.380. The van der Waals surface area contributed by atoms with Crippen molar-refractivity contribution in [1.82, 2.24) is 19.9 Å². The Morgan fingerprint density at radius 1 is 1.53 bits per heavy atom. The highest BCUT2D eigenvalue weighted by Gasteiger charge is 2.10. The van der Waals surface area contributed by atoms with Crippen LogP contribution in [0.4, 0.5) is 5.82 Å². The lowest BCUT2D eigenvalue weighted by Gasteiger charge is -2.21. The maximum Gasteiger partial charge on any atom is 0.165 e. The molecule has 0 saturated carbocycles. The number of rotatable bonds is 6. The third-order valence-electron chi connectivity index (χ3n) is 2.29. The topological polar surface area (TPSA) is 80.2 Å². The highest BCUT2D eigenvalue weighted by Crippen LogP contribution is 1.97. The minimum atomic E-state index is -0.461. The summed E-state index contributed by atoms with van der Waals surface area (Å²) in [6, 6.07) is 0. The van der Waals surface area contributed by atoms with Gasteiger partial charge in [-0.25, -0.2) is 0 Å². The van der Waals surface area contributed by atoms with Crippen molar-refractivity contribution in [2.75, 3.05) is 25.4 Å². The lowest BCUT2D eigenvalue weighted by molar-refractivity contribution is 0.0957. The molecule has 0 spiro atoms. The molecule has 0 radical (unpaired) electrons. The molecule has 1 aromatic heterocycles. The summed E-state index contributed by atoms with van der Waals surface area (Å²) in [6.07, 6.45) is 1.01. The minimum absolute atomic E-state index is 0.380. The van der Waals surface area contributed by atoms with E-state index in [9.17, 15) is 5.11 Å². The summed E-state index contributed by atoms with van der Waals surface area (Å²) in [5, 5.41) is 17.6. The molecular formula is C9H19N5O. The molecule has 1 heterocycles. The Morgan fingerprint density at radius 3 is 2.67 bits per heavy atom. The predicted octanol–water partition coefficient (Wildman–Crippen LogP) is -0.437. The van der Waals surface area contributed by atoms with Crippen LogP contribution in [0.15, 0.2) is 6.20 Å². The van der Waals surface area contributed by atoms with Crippen LogP contribution in [0.2, 0.25) is 0 Å². The van der Waals surface area contributed by atoms with E-state index in [1.54, 1.807) is 0 Å². The van der Waals surface area contributed by atoms with E-state index in [4.69, 9.17) is 5.73 Å². The van der Waals surface area contributed by atoms with Crippen LogP contribution in [0.25, 0.3) is 0 Å². The van der Waals surface area contributed by atoms with Crippen molar-refractivity contribution in [1.29, 1.82) is 0 Å². The number of nitrogens with zero attached hydrogens (tertiary/aromatic N) is 4. The standard InChI is InChI=1S/C9H19N5O/c1-3-13(4-2)6-8(15)7-14-11-5-9(10)12-14/h5,8,15H,3-4,6-7H2,1-2H3,(H2,10,12). The summed E-state index contributed by atoms with van der Waals surface area (Å²) >= 11 is 0. The Morgan fingerprint density at radius 2 is 2.20 bits per heavy atom. The Labute approximate surface area is 89.7 Å². The van der Waals surface area contributed by atoms with Gasteiger partial charge in [0.05, 0.1) is 18.8 Å². The molecule has 15 heavy (non-hydrogen) atoms. The van der Waals surface area contributed by atoms with Crippen LogP contribution in [0.3, 0.4) is 0 Å². The molecule has 0 bridgehead atoms. The van der Waals surface area contributed by atoms with Crippen molar-refractivity contribution in [3.8, 4) is 0 Å². The maximum atomic E-state index is 9.76. The van der Waals surface area contributed by atoms with Gasteiger partial charge >= 0.3 is 0 Å². The summed E-state index contributed by atoms with van der Waals surface area (Å²) < 4.78 is 0. The zero-order valence-electron chi connectivity index (χ0n) is 9.30. The van der Waals surface area contributed by atoms with E-state index < -0.39 is 6.10 Å². The van der Waals surface area contributed by atoms with Crippen LogP contribution in [0, 0.1) is 0 Å². The van der Waals surface area contributed by atoms with E-state index >= 15 is 0 Å². The van der Waals surface area contributed by atoms with Crippen LogP contribution in [0.5, 0.6) is 0 Å². The zero-order valence-corrected chi connectivity index (χ0v) is 9.30. The van der Waals surface area contributed by atoms with E-state index in [-0.39, 0.29) is 0 Å². The molecular weight excluding hydrogens is 194 g/mol. The third kappa shape index (κ3) is 3.85. The number of nitrogen functional groups attached to an aromatic ring is 1. The number of hydrogen-bond acceptors (Lipinski definition) is 5. The van der Waals surface area contributed by atoms with Gasteiger partial charge in [-0.15, -0.1) is 5.10 Å². The molecule has 6 nitrogen and oxygen atoms in total. The largest absolute Gasteiger partial charge is 0.390 e. The van der Waals surface area contributed by atoms with Gasteiger partial charge in [-0.05, 0) is 13.1 Å². The molecule has 0 aromatic carbocycles. The Balaban J connectivity index is 2.38. The van der Waals surface area contributed by atoms with Crippen molar-refractivity contribution >= 4 is 5.82 Å². The summed E-state index contributed by atoms with van der Waals surface area (Å²) in [5.41, 5.74) is 5.42. The fraction of sp³-hybridized carbons (Fsp3) is 0.778. The summed E-state index contributed by atoms with van der Waals surface area (Å²) in [6.45, 7) is 7.02. The molecule has 0 amide bonds. The van der Waals surface area contributed by atoms with Gasteiger partial charge in [0, 0.05) is 6.54 Å². The highest BCUT2D eigenvalue weighted by molar-refractivity contribution is 5.19. The molecule has 1 unspecified atom stereocenters. The van der Waals surface area contributed by atoms with Crippen molar-refractivity contribution in [2.45, 2.75) is 26.5 Å². The number of nitrogens with two attached hydrogens (primary N) is 1. The lowest BCUT2D eigenvalue weighted by Crippen LogP contribution is -2.35. The normalized spacial score (nSPS) is 13.3. The van der Waals surface area contributed by atoms with E-state index in [0.29, 0.717) is 18.9 Å². The molecule has 86 valence electrons. The van der Waals surface area contributed by atoms with Gasteiger partial charge in [-0.1, -0.05) is 13.8 Å². The first-order chi connectivity index (χ1) is 7.15. The van der Waals surface area contributed by atoms with Crippen molar-refractivity contribution in [2.24, 2.45) is 0 Å². The monoisotopic (exact) mass is 213 g/mol. The Hall–Kier alpha value is -1.14. The zero-order chi connectivity index (χ0) is 11.3. The van der Waals surface area contributed by atoms with Crippen LogP contribution >= 0.6 is 0 Å². The average molecular weight is 213 g/mol. The Bertz CT molecular complexity index is 284. The lowest BCUT2D eigenvalue weighted by atomic mass is 10.3. The number of aliphatic hydroxyl groups is 1. The molecule has 0 aliphatic rings. The van der Waals surface area contributed by atoms with E-state index in [1.165, 1.54) is 11.0 Å². The Kier molecular flexibility index (Phi) is 4.51.